The molecule has 0 aliphatic carbocycles. The van der Waals surface area contributed by atoms with Crippen LogP contribution < -0.4 is 5.32 Å². The Morgan fingerprint density at radius 3 is 1.23 bits per heavy atom. The number of allylic oxidation sites excluding steroid dienone is 5. The minimum atomic E-state index is -1.79. The Labute approximate surface area is 500 Å². The van der Waals surface area contributed by atoms with Gasteiger partial charge in [0, 0.05) is 6.42 Å². The number of nitrogens with one attached hydrogen (secondary N) is 1. The normalized spacial score (nSPS) is 24.1. The summed E-state index contributed by atoms with van der Waals surface area (Å²) in [4.78, 5) is 13.3. The Morgan fingerprint density at radius 1 is 0.439 bits per heavy atom. The number of hydrogen-bond acceptors (Lipinski definition) is 13. The number of ether oxygens (including phenoxy) is 4. The largest absolute Gasteiger partial charge is 0.394 e. The number of amides is 1. The van der Waals surface area contributed by atoms with Gasteiger partial charge in [-0.05, 0) is 51.4 Å². The van der Waals surface area contributed by atoms with Crippen molar-refractivity contribution >= 4 is 5.91 Å². The molecule has 0 bridgehead atoms. The lowest BCUT2D eigenvalue weighted by Crippen LogP contribution is -2.65. The number of rotatable bonds is 56. The van der Waals surface area contributed by atoms with E-state index in [4.69, 9.17) is 18.9 Å². The molecule has 0 aromatic carbocycles. The molecule has 0 saturated carbocycles. The molecular formula is C68H127NO13. The van der Waals surface area contributed by atoms with E-state index in [1.807, 2.05) is 6.08 Å². The highest BCUT2D eigenvalue weighted by Gasteiger charge is 2.51. The Balaban J connectivity index is 1.68. The van der Waals surface area contributed by atoms with E-state index in [9.17, 15) is 45.6 Å². The van der Waals surface area contributed by atoms with Gasteiger partial charge < -0.3 is 65.1 Å². The van der Waals surface area contributed by atoms with Crippen molar-refractivity contribution in [3.05, 3.63) is 36.5 Å². The summed E-state index contributed by atoms with van der Waals surface area (Å²) in [6, 6.07) is -0.920. The fraction of sp³-hybridized carbons (Fsp3) is 0.897. The molecule has 12 atom stereocenters. The van der Waals surface area contributed by atoms with Gasteiger partial charge >= 0.3 is 0 Å². The zero-order valence-corrected chi connectivity index (χ0v) is 52.2. The summed E-state index contributed by atoms with van der Waals surface area (Å²) in [5, 5.41) is 87.3. The minimum Gasteiger partial charge on any atom is -0.394 e. The summed E-state index contributed by atoms with van der Waals surface area (Å²) in [5.41, 5.74) is 0. The van der Waals surface area contributed by atoms with Gasteiger partial charge in [-0.3, -0.25) is 4.79 Å². The summed E-state index contributed by atoms with van der Waals surface area (Å²) in [6.45, 7) is 2.81. The van der Waals surface area contributed by atoms with Crippen LogP contribution in [0.5, 0.6) is 0 Å². The van der Waals surface area contributed by atoms with Gasteiger partial charge in [-0.1, -0.05) is 275 Å². The molecule has 14 heteroatoms. The summed E-state index contributed by atoms with van der Waals surface area (Å²) in [7, 11) is 0. The third-order valence-electron chi connectivity index (χ3n) is 16.8. The summed E-state index contributed by atoms with van der Waals surface area (Å²) >= 11 is 0. The van der Waals surface area contributed by atoms with Crippen molar-refractivity contribution < 1.29 is 64.6 Å². The SMILES string of the molecule is CCCCCC/C=C\C/C=C\CCCCCCCCCC(=O)NC(COC1OC(CO)C(OC2OC(CO)C(O)C(O)C2O)C(O)C1O)C(O)/C=C/CCCCCCCCCCCCCCCCCCCCCCCCCCCCCC. The van der Waals surface area contributed by atoms with Crippen molar-refractivity contribution in [2.45, 2.75) is 370 Å². The molecule has 14 nitrogen and oxygen atoms in total. The van der Waals surface area contributed by atoms with E-state index >= 15 is 0 Å². The molecule has 2 saturated heterocycles. The topological polar surface area (TPSA) is 228 Å². The van der Waals surface area contributed by atoms with Crippen LogP contribution in [0, 0.1) is 0 Å². The molecule has 2 fully saturated rings. The first-order chi connectivity index (χ1) is 40.1. The van der Waals surface area contributed by atoms with Crippen molar-refractivity contribution in [2.75, 3.05) is 19.8 Å². The number of carbonyl (C=O) groups excluding carboxylic acids is 1. The first-order valence-electron chi connectivity index (χ1n) is 34.2. The van der Waals surface area contributed by atoms with Gasteiger partial charge in [0.2, 0.25) is 5.91 Å². The van der Waals surface area contributed by atoms with Gasteiger partial charge in [0.1, 0.15) is 48.8 Å². The van der Waals surface area contributed by atoms with Crippen LogP contribution in [0.4, 0.5) is 0 Å². The standard InChI is InChI=1S/C68H127NO13/c1-3-5-7-9-11-13-15-17-19-21-23-24-25-26-27-28-29-30-31-32-33-34-35-37-39-41-43-45-47-49-51-57(72)56(69-60(73)52-50-48-46-44-42-40-38-36-22-20-18-16-14-12-10-8-6-4-2)55-79-67-65(78)63(76)66(59(54-71)81-67)82-68-64(77)62(75)61(74)58(53-70)80-68/h14,16,20,22,49,51,56-59,61-68,70-72,74-78H,3-13,15,17-19,21,23-48,50,52-55H2,1-2H3,(H,69,73)/b16-14-,22-20-,51-49+. The monoisotopic (exact) mass is 1170 g/mol. The van der Waals surface area contributed by atoms with Gasteiger partial charge in [0.15, 0.2) is 12.6 Å². The molecule has 82 heavy (non-hydrogen) atoms. The fourth-order valence-electron chi connectivity index (χ4n) is 11.3. The highest BCUT2D eigenvalue weighted by molar-refractivity contribution is 5.76. The van der Waals surface area contributed by atoms with Crippen LogP contribution in [0.25, 0.3) is 0 Å². The quantitative estimate of drug-likeness (QED) is 0.0204. The zero-order chi connectivity index (χ0) is 59.5. The van der Waals surface area contributed by atoms with Crippen LogP contribution >= 0.6 is 0 Å². The zero-order valence-electron chi connectivity index (χ0n) is 52.2. The maximum Gasteiger partial charge on any atom is 0.220 e. The maximum atomic E-state index is 13.3. The summed E-state index contributed by atoms with van der Waals surface area (Å²) in [5.74, 6) is -0.244. The van der Waals surface area contributed by atoms with Crippen molar-refractivity contribution in [3.63, 3.8) is 0 Å². The second kappa shape index (κ2) is 53.4. The van der Waals surface area contributed by atoms with Crippen molar-refractivity contribution in [1.29, 1.82) is 0 Å². The van der Waals surface area contributed by atoms with E-state index in [2.05, 4.69) is 43.5 Å². The molecule has 0 aromatic rings. The lowest BCUT2D eigenvalue weighted by Gasteiger charge is -2.46. The molecule has 0 radical (unpaired) electrons. The first-order valence-corrected chi connectivity index (χ1v) is 34.2. The van der Waals surface area contributed by atoms with E-state index in [1.54, 1.807) is 6.08 Å². The van der Waals surface area contributed by atoms with E-state index in [1.165, 1.54) is 212 Å². The predicted molar refractivity (Wildman–Crippen MR) is 332 cm³/mol. The summed E-state index contributed by atoms with van der Waals surface area (Å²) < 4.78 is 22.8. The van der Waals surface area contributed by atoms with E-state index < -0.39 is 86.8 Å². The fourth-order valence-corrected chi connectivity index (χ4v) is 11.3. The van der Waals surface area contributed by atoms with Crippen LogP contribution in [0.2, 0.25) is 0 Å². The second-order valence-electron chi connectivity index (χ2n) is 24.3. The third kappa shape index (κ3) is 37.7. The van der Waals surface area contributed by atoms with Crippen molar-refractivity contribution in [1.82, 2.24) is 5.32 Å². The number of aliphatic hydroxyl groups is 8. The second-order valence-corrected chi connectivity index (χ2v) is 24.3. The molecule has 0 aromatic heterocycles. The molecule has 482 valence electrons. The average Bonchev–Trinajstić information content (AvgIpc) is 3.53. The number of hydrogen-bond donors (Lipinski definition) is 9. The predicted octanol–water partition coefficient (Wildman–Crippen LogP) is 13.3. The van der Waals surface area contributed by atoms with Crippen LogP contribution in [0.1, 0.15) is 296 Å². The molecule has 12 unspecified atom stereocenters. The van der Waals surface area contributed by atoms with Gasteiger partial charge in [-0.2, -0.15) is 0 Å². The number of carbonyl (C=O) groups is 1. The first kappa shape index (κ1) is 76.3. The smallest absolute Gasteiger partial charge is 0.220 e. The van der Waals surface area contributed by atoms with Crippen LogP contribution in [0.15, 0.2) is 36.5 Å². The Hall–Kier alpha value is -1.79. The van der Waals surface area contributed by atoms with Crippen LogP contribution in [-0.2, 0) is 23.7 Å². The molecule has 0 spiro atoms. The van der Waals surface area contributed by atoms with E-state index in [-0.39, 0.29) is 18.9 Å². The highest BCUT2D eigenvalue weighted by atomic mass is 16.7. The molecule has 2 aliphatic rings. The van der Waals surface area contributed by atoms with Gasteiger partial charge in [-0.25, -0.2) is 0 Å². The van der Waals surface area contributed by atoms with Crippen molar-refractivity contribution in [3.8, 4) is 0 Å². The number of aliphatic hydroxyl groups excluding tert-OH is 8. The van der Waals surface area contributed by atoms with Gasteiger partial charge in [0.25, 0.3) is 0 Å². The summed E-state index contributed by atoms with van der Waals surface area (Å²) in [6.07, 6.45) is 50.6. The Bertz CT molecular complexity index is 1510. The Kier molecular flexibility index (Phi) is 49.7. The molecule has 2 rings (SSSR count). The number of unbranched alkanes of at least 4 members (excludes halogenated alkanes) is 39. The Morgan fingerprint density at radius 2 is 0.805 bits per heavy atom. The van der Waals surface area contributed by atoms with Gasteiger partial charge in [0.05, 0.1) is 32.0 Å². The van der Waals surface area contributed by atoms with E-state index in [0.29, 0.717) is 6.42 Å². The van der Waals surface area contributed by atoms with Crippen LogP contribution in [0.3, 0.4) is 0 Å². The molecule has 2 heterocycles. The lowest BCUT2D eigenvalue weighted by atomic mass is 9.97. The van der Waals surface area contributed by atoms with E-state index in [0.717, 1.165) is 57.8 Å². The van der Waals surface area contributed by atoms with Crippen molar-refractivity contribution in [2.24, 2.45) is 0 Å². The highest BCUT2D eigenvalue weighted by Crippen LogP contribution is 2.30. The molecular weight excluding hydrogens is 1040 g/mol. The maximum absolute atomic E-state index is 13.3. The minimum absolute atomic E-state index is 0.244. The third-order valence-corrected chi connectivity index (χ3v) is 16.8. The van der Waals surface area contributed by atoms with Crippen LogP contribution in [-0.4, -0.2) is 140 Å². The molecule has 2 aliphatic heterocycles. The lowest BCUT2D eigenvalue weighted by molar-refractivity contribution is -0.359. The molecule has 1 amide bonds. The van der Waals surface area contributed by atoms with Gasteiger partial charge in [-0.15, -0.1) is 0 Å². The molecule has 9 N–H and O–H groups in total. The average molecular weight is 1170 g/mol.